The quantitative estimate of drug-likeness (QED) is 0.384. The average molecular weight is 304 g/mol. The molecule has 0 radical (unpaired) electrons. The first kappa shape index (κ1) is 21.6. The third-order valence-corrected chi connectivity index (χ3v) is 1.74. The van der Waals surface area contributed by atoms with Gasteiger partial charge in [0.1, 0.15) is 0 Å². The van der Waals surface area contributed by atoms with Crippen molar-refractivity contribution in [3.63, 3.8) is 0 Å². The van der Waals surface area contributed by atoms with Gasteiger partial charge in [0.15, 0.2) is 6.61 Å². The molecule has 7 nitrogen and oxygen atoms in total. The van der Waals surface area contributed by atoms with Gasteiger partial charge in [-0.3, -0.25) is 0 Å². The second-order valence-electron chi connectivity index (χ2n) is 3.90. The van der Waals surface area contributed by atoms with Crippen molar-refractivity contribution in [2.45, 2.75) is 27.1 Å². The minimum atomic E-state index is -0.924. The fraction of sp³-hybridized carbons (Fsp3) is 0.571. The Balaban J connectivity index is 0. The Bertz CT molecular complexity index is 347. The van der Waals surface area contributed by atoms with Crippen LogP contribution in [0.4, 0.5) is 0 Å². The van der Waals surface area contributed by atoms with E-state index in [-0.39, 0.29) is 31.0 Å². The van der Waals surface area contributed by atoms with E-state index in [1.165, 1.54) is 13.8 Å². The van der Waals surface area contributed by atoms with Crippen LogP contribution in [0.2, 0.25) is 0 Å². The number of hydrogen-bond donors (Lipinski definition) is 2. The molecule has 0 aromatic carbocycles. The number of rotatable bonds is 8. The van der Waals surface area contributed by atoms with E-state index in [2.05, 4.69) is 13.2 Å². The van der Waals surface area contributed by atoms with Gasteiger partial charge >= 0.3 is 11.9 Å². The van der Waals surface area contributed by atoms with E-state index in [0.29, 0.717) is 6.61 Å². The highest BCUT2D eigenvalue weighted by molar-refractivity contribution is 5.87. The van der Waals surface area contributed by atoms with E-state index in [1.807, 2.05) is 0 Å². The van der Waals surface area contributed by atoms with Crippen molar-refractivity contribution in [2.75, 3.05) is 26.4 Å². The standard InChI is InChI=1S/C12H18O5.C2H6O2/c1-6-15-10(17-12(14)9(4)5)7-16-11(13)8(2)3;3-1-2-4/h10H,2,4,6-7H2,1,3,5H3;3-4H,1-2H2. The van der Waals surface area contributed by atoms with Gasteiger partial charge in [-0.1, -0.05) is 13.2 Å². The van der Waals surface area contributed by atoms with Crippen molar-refractivity contribution in [3.8, 4) is 0 Å². The van der Waals surface area contributed by atoms with Gasteiger partial charge in [-0.25, -0.2) is 9.59 Å². The first-order valence-corrected chi connectivity index (χ1v) is 6.32. The van der Waals surface area contributed by atoms with E-state index < -0.39 is 18.2 Å². The molecule has 0 aliphatic heterocycles. The molecule has 7 heteroatoms. The van der Waals surface area contributed by atoms with Gasteiger partial charge in [0.2, 0.25) is 6.29 Å². The lowest BCUT2D eigenvalue weighted by atomic mass is 10.3. The maximum atomic E-state index is 11.2. The van der Waals surface area contributed by atoms with Crippen LogP contribution in [0.5, 0.6) is 0 Å². The maximum Gasteiger partial charge on any atom is 0.335 e. The summed E-state index contributed by atoms with van der Waals surface area (Å²) in [4.78, 5) is 22.4. The number of carbonyl (C=O) groups is 2. The fourth-order valence-electron chi connectivity index (χ4n) is 0.789. The topological polar surface area (TPSA) is 102 Å². The van der Waals surface area contributed by atoms with Crippen LogP contribution >= 0.6 is 0 Å². The van der Waals surface area contributed by atoms with Crippen molar-refractivity contribution in [1.29, 1.82) is 0 Å². The predicted octanol–water partition coefficient (Wildman–Crippen LogP) is 0.559. The third-order valence-electron chi connectivity index (χ3n) is 1.74. The lowest BCUT2D eigenvalue weighted by Gasteiger charge is -2.17. The fourth-order valence-corrected chi connectivity index (χ4v) is 0.789. The summed E-state index contributed by atoms with van der Waals surface area (Å²) in [5, 5.41) is 15.2. The average Bonchev–Trinajstić information content (AvgIpc) is 2.44. The van der Waals surface area contributed by atoms with Crippen LogP contribution in [-0.2, 0) is 23.8 Å². The molecule has 122 valence electrons. The van der Waals surface area contributed by atoms with Crippen LogP contribution < -0.4 is 0 Å². The first-order chi connectivity index (χ1) is 9.79. The van der Waals surface area contributed by atoms with E-state index >= 15 is 0 Å². The second-order valence-corrected chi connectivity index (χ2v) is 3.90. The summed E-state index contributed by atoms with van der Waals surface area (Å²) >= 11 is 0. The zero-order chi connectivity index (χ0) is 16.8. The Labute approximate surface area is 124 Å². The molecular formula is C14H24O7. The molecule has 0 aliphatic carbocycles. The lowest BCUT2D eigenvalue weighted by molar-refractivity contribution is -0.188. The normalized spacial score (nSPS) is 10.7. The zero-order valence-corrected chi connectivity index (χ0v) is 12.8. The van der Waals surface area contributed by atoms with Crippen molar-refractivity contribution >= 4 is 11.9 Å². The zero-order valence-electron chi connectivity index (χ0n) is 12.8. The van der Waals surface area contributed by atoms with Crippen molar-refractivity contribution in [2.24, 2.45) is 0 Å². The van der Waals surface area contributed by atoms with Gasteiger partial charge in [-0.2, -0.15) is 0 Å². The number of carbonyl (C=O) groups excluding carboxylic acids is 2. The highest BCUT2D eigenvalue weighted by Crippen LogP contribution is 2.03. The second kappa shape index (κ2) is 13.3. The van der Waals surface area contributed by atoms with E-state index in [4.69, 9.17) is 24.4 Å². The largest absolute Gasteiger partial charge is 0.456 e. The maximum absolute atomic E-state index is 11.2. The summed E-state index contributed by atoms with van der Waals surface area (Å²) in [5.74, 6) is -1.14. The SMILES string of the molecule is C=C(C)C(=O)OCC(OCC)OC(=O)C(=C)C.OCCO. The Hall–Kier alpha value is -1.70. The van der Waals surface area contributed by atoms with Crippen LogP contribution in [0, 0.1) is 0 Å². The summed E-state index contributed by atoms with van der Waals surface area (Å²) in [6.45, 7) is 11.6. The molecule has 0 aromatic rings. The molecule has 0 fully saturated rings. The van der Waals surface area contributed by atoms with Gasteiger partial charge in [0, 0.05) is 17.8 Å². The number of aliphatic hydroxyl groups excluding tert-OH is 2. The van der Waals surface area contributed by atoms with Crippen molar-refractivity contribution < 1.29 is 34.0 Å². The van der Waals surface area contributed by atoms with Crippen LogP contribution in [0.3, 0.4) is 0 Å². The van der Waals surface area contributed by atoms with E-state index in [9.17, 15) is 9.59 Å². The monoisotopic (exact) mass is 304 g/mol. The summed E-state index contributed by atoms with van der Waals surface area (Å²) in [7, 11) is 0. The summed E-state index contributed by atoms with van der Waals surface area (Å²) in [5.41, 5.74) is 0.521. The first-order valence-electron chi connectivity index (χ1n) is 6.32. The highest BCUT2D eigenvalue weighted by Gasteiger charge is 2.17. The van der Waals surface area contributed by atoms with Gasteiger partial charge in [-0.05, 0) is 20.8 Å². The highest BCUT2D eigenvalue weighted by atomic mass is 16.7. The molecule has 21 heavy (non-hydrogen) atoms. The van der Waals surface area contributed by atoms with Gasteiger partial charge in [-0.15, -0.1) is 0 Å². The Morgan fingerprint density at radius 1 is 1.05 bits per heavy atom. The van der Waals surface area contributed by atoms with Crippen molar-refractivity contribution in [1.82, 2.24) is 0 Å². The molecule has 0 spiro atoms. The van der Waals surface area contributed by atoms with Crippen LogP contribution in [0.15, 0.2) is 24.3 Å². The molecule has 0 heterocycles. The third kappa shape index (κ3) is 13.1. The lowest BCUT2D eigenvalue weighted by Crippen LogP contribution is -2.28. The molecule has 0 saturated heterocycles. The molecule has 1 atom stereocenters. The molecule has 0 bridgehead atoms. The molecule has 0 aliphatic rings. The molecule has 0 amide bonds. The van der Waals surface area contributed by atoms with Crippen LogP contribution in [0.25, 0.3) is 0 Å². The summed E-state index contributed by atoms with van der Waals surface area (Å²) in [6, 6.07) is 0. The number of ether oxygens (including phenoxy) is 3. The predicted molar refractivity (Wildman–Crippen MR) is 76.3 cm³/mol. The Morgan fingerprint density at radius 3 is 1.86 bits per heavy atom. The van der Waals surface area contributed by atoms with Crippen molar-refractivity contribution in [3.05, 3.63) is 24.3 Å². The van der Waals surface area contributed by atoms with Crippen LogP contribution in [0.1, 0.15) is 20.8 Å². The number of esters is 2. The van der Waals surface area contributed by atoms with Crippen LogP contribution in [-0.4, -0.2) is 54.9 Å². The number of hydrogen-bond acceptors (Lipinski definition) is 7. The minimum absolute atomic E-state index is 0.125. The molecule has 0 aromatic heterocycles. The van der Waals surface area contributed by atoms with Gasteiger partial charge < -0.3 is 24.4 Å². The van der Waals surface area contributed by atoms with E-state index in [1.54, 1.807) is 6.92 Å². The minimum Gasteiger partial charge on any atom is -0.456 e. The molecule has 1 unspecified atom stereocenters. The molecule has 0 saturated carbocycles. The van der Waals surface area contributed by atoms with Gasteiger partial charge in [0.25, 0.3) is 0 Å². The smallest absolute Gasteiger partial charge is 0.335 e. The molecule has 2 N–H and O–H groups in total. The molecule has 0 rings (SSSR count). The van der Waals surface area contributed by atoms with E-state index in [0.717, 1.165) is 0 Å². The summed E-state index contributed by atoms with van der Waals surface area (Å²) in [6.07, 6.45) is -0.924. The summed E-state index contributed by atoms with van der Waals surface area (Å²) < 4.78 is 14.8. The van der Waals surface area contributed by atoms with Gasteiger partial charge in [0.05, 0.1) is 13.2 Å². The Kier molecular flexibility index (Phi) is 13.7. The Morgan fingerprint density at radius 2 is 1.52 bits per heavy atom. The molecular weight excluding hydrogens is 280 g/mol. The number of aliphatic hydroxyl groups is 2.